The Kier molecular flexibility index (Phi) is 4.87. The minimum atomic E-state index is 0.765. The van der Waals surface area contributed by atoms with E-state index in [4.69, 9.17) is 0 Å². The Morgan fingerprint density at radius 1 is 1.40 bits per heavy atom. The largest absolute Gasteiger partial charge is 0.384 e. The van der Waals surface area contributed by atoms with Crippen LogP contribution in [0.1, 0.15) is 26.7 Å². The van der Waals surface area contributed by atoms with Gasteiger partial charge in [-0.3, -0.25) is 0 Å². The van der Waals surface area contributed by atoms with Gasteiger partial charge in [0, 0.05) is 13.6 Å². The molecule has 0 aliphatic heterocycles. The van der Waals surface area contributed by atoms with Gasteiger partial charge in [-0.05, 0) is 18.8 Å². The zero-order valence-electron chi connectivity index (χ0n) is 9.75. The lowest BCUT2D eigenvalue weighted by atomic mass is 10.1. The van der Waals surface area contributed by atoms with Gasteiger partial charge in [-0.1, -0.05) is 13.8 Å². The summed E-state index contributed by atoms with van der Waals surface area (Å²) < 4.78 is 0. The van der Waals surface area contributed by atoms with Crippen molar-refractivity contribution in [2.45, 2.75) is 26.7 Å². The molecule has 2 N–H and O–H groups in total. The Bertz CT molecular complexity index is 286. The second-order valence-electron chi connectivity index (χ2n) is 4.00. The third kappa shape index (κ3) is 4.14. The van der Waals surface area contributed by atoms with Crippen molar-refractivity contribution >= 4 is 11.5 Å². The zero-order valence-corrected chi connectivity index (χ0v) is 9.75. The van der Waals surface area contributed by atoms with E-state index in [0.29, 0.717) is 0 Å². The van der Waals surface area contributed by atoms with Crippen molar-refractivity contribution in [1.82, 2.24) is 9.97 Å². The third-order valence-electron chi connectivity index (χ3n) is 2.23. The maximum Gasteiger partial charge on any atom is 0.152 e. The molecule has 4 nitrogen and oxygen atoms in total. The normalized spacial score (nSPS) is 10.4. The van der Waals surface area contributed by atoms with Gasteiger partial charge in [0.05, 0.1) is 11.9 Å². The molecule has 0 atom stereocenters. The first kappa shape index (κ1) is 11.8. The second kappa shape index (κ2) is 6.22. The van der Waals surface area contributed by atoms with Crippen LogP contribution in [0.5, 0.6) is 0 Å². The van der Waals surface area contributed by atoms with E-state index in [2.05, 4.69) is 34.4 Å². The predicted molar refractivity (Wildman–Crippen MR) is 64.1 cm³/mol. The van der Waals surface area contributed by atoms with Crippen molar-refractivity contribution in [2.75, 3.05) is 24.2 Å². The van der Waals surface area contributed by atoms with Gasteiger partial charge in [0.15, 0.2) is 5.82 Å². The highest BCUT2D eigenvalue weighted by Gasteiger charge is 2.00. The fourth-order valence-electron chi connectivity index (χ4n) is 1.37. The molecular weight excluding hydrogens is 188 g/mol. The Balaban J connectivity index is 2.36. The number of hydrogen-bond donors (Lipinski definition) is 2. The van der Waals surface area contributed by atoms with Crippen LogP contribution < -0.4 is 10.6 Å². The van der Waals surface area contributed by atoms with Crippen LogP contribution in [-0.2, 0) is 0 Å². The molecule has 0 aliphatic rings. The lowest BCUT2D eigenvalue weighted by molar-refractivity contribution is 0.566. The first-order valence-electron chi connectivity index (χ1n) is 5.45. The standard InChI is InChI=1S/C11H20N4/c1-9(2)5-4-6-14-11-10(12-3)7-13-8-15-11/h7-9,12H,4-6H2,1-3H3,(H,13,14,15). The monoisotopic (exact) mass is 208 g/mol. The number of rotatable bonds is 6. The van der Waals surface area contributed by atoms with Gasteiger partial charge in [0.1, 0.15) is 6.33 Å². The van der Waals surface area contributed by atoms with Crippen LogP contribution in [0.25, 0.3) is 0 Å². The summed E-state index contributed by atoms with van der Waals surface area (Å²) in [6, 6.07) is 0. The summed E-state index contributed by atoms with van der Waals surface area (Å²) in [6.07, 6.45) is 5.75. The lowest BCUT2D eigenvalue weighted by Crippen LogP contribution is -2.07. The maximum atomic E-state index is 4.18. The molecule has 84 valence electrons. The lowest BCUT2D eigenvalue weighted by Gasteiger charge is -2.10. The first-order chi connectivity index (χ1) is 7.24. The minimum Gasteiger partial charge on any atom is -0.384 e. The highest BCUT2D eigenvalue weighted by molar-refractivity contribution is 5.62. The van der Waals surface area contributed by atoms with Gasteiger partial charge < -0.3 is 10.6 Å². The van der Waals surface area contributed by atoms with E-state index >= 15 is 0 Å². The molecule has 0 aliphatic carbocycles. The molecule has 0 aromatic carbocycles. The van der Waals surface area contributed by atoms with Gasteiger partial charge in [-0.2, -0.15) is 0 Å². The molecule has 0 bridgehead atoms. The van der Waals surface area contributed by atoms with Crippen molar-refractivity contribution in [3.05, 3.63) is 12.5 Å². The van der Waals surface area contributed by atoms with E-state index < -0.39 is 0 Å². The number of nitrogens with zero attached hydrogens (tertiary/aromatic N) is 2. The fourth-order valence-corrected chi connectivity index (χ4v) is 1.37. The van der Waals surface area contributed by atoms with Gasteiger partial charge >= 0.3 is 0 Å². The smallest absolute Gasteiger partial charge is 0.152 e. The highest BCUT2D eigenvalue weighted by Crippen LogP contribution is 2.15. The van der Waals surface area contributed by atoms with Crippen molar-refractivity contribution in [2.24, 2.45) is 5.92 Å². The van der Waals surface area contributed by atoms with E-state index in [1.807, 2.05) is 7.05 Å². The SMILES string of the molecule is CNc1cncnc1NCCCC(C)C. The summed E-state index contributed by atoms with van der Waals surface area (Å²) in [4.78, 5) is 8.14. The molecule has 0 spiro atoms. The van der Waals surface area contributed by atoms with E-state index in [-0.39, 0.29) is 0 Å². The summed E-state index contributed by atoms with van der Waals surface area (Å²) in [5, 5.41) is 6.36. The Hall–Kier alpha value is -1.32. The Morgan fingerprint density at radius 3 is 2.87 bits per heavy atom. The first-order valence-corrected chi connectivity index (χ1v) is 5.45. The fraction of sp³-hybridized carbons (Fsp3) is 0.636. The van der Waals surface area contributed by atoms with Crippen LogP contribution in [-0.4, -0.2) is 23.6 Å². The summed E-state index contributed by atoms with van der Waals surface area (Å²) >= 11 is 0. The summed E-state index contributed by atoms with van der Waals surface area (Å²) in [5.41, 5.74) is 0.946. The molecule has 0 saturated heterocycles. The second-order valence-corrected chi connectivity index (χ2v) is 4.00. The van der Waals surface area contributed by atoms with E-state index in [1.54, 1.807) is 12.5 Å². The van der Waals surface area contributed by atoms with E-state index in [9.17, 15) is 0 Å². The van der Waals surface area contributed by atoms with Gasteiger partial charge in [0.25, 0.3) is 0 Å². The van der Waals surface area contributed by atoms with Crippen molar-refractivity contribution in [1.29, 1.82) is 0 Å². The molecule has 4 heteroatoms. The predicted octanol–water partition coefficient (Wildman–Crippen LogP) is 2.37. The average Bonchev–Trinajstić information content (AvgIpc) is 2.24. The molecule has 0 unspecified atom stereocenters. The molecule has 1 rings (SSSR count). The maximum absolute atomic E-state index is 4.18. The molecule has 0 amide bonds. The average molecular weight is 208 g/mol. The minimum absolute atomic E-state index is 0.765. The number of nitrogens with one attached hydrogen (secondary N) is 2. The summed E-state index contributed by atoms with van der Waals surface area (Å²) in [7, 11) is 1.87. The quantitative estimate of drug-likeness (QED) is 0.705. The van der Waals surface area contributed by atoms with Crippen LogP contribution >= 0.6 is 0 Å². The molecule has 0 saturated carbocycles. The third-order valence-corrected chi connectivity index (χ3v) is 2.23. The van der Waals surface area contributed by atoms with Crippen LogP contribution in [0, 0.1) is 5.92 Å². The Morgan fingerprint density at radius 2 is 2.20 bits per heavy atom. The number of aromatic nitrogens is 2. The molecule has 1 aromatic heterocycles. The topological polar surface area (TPSA) is 49.8 Å². The molecule has 1 heterocycles. The van der Waals surface area contributed by atoms with E-state index in [1.165, 1.54) is 12.8 Å². The molecule has 1 aromatic rings. The molecule has 15 heavy (non-hydrogen) atoms. The molecule has 0 radical (unpaired) electrons. The summed E-state index contributed by atoms with van der Waals surface area (Å²) in [5.74, 6) is 1.65. The number of hydrogen-bond acceptors (Lipinski definition) is 4. The van der Waals surface area contributed by atoms with Crippen LogP contribution in [0.2, 0.25) is 0 Å². The van der Waals surface area contributed by atoms with Crippen LogP contribution in [0.4, 0.5) is 11.5 Å². The van der Waals surface area contributed by atoms with Crippen LogP contribution in [0.3, 0.4) is 0 Å². The Labute approximate surface area is 91.5 Å². The summed E-state index contributed by atoms with van der Waals surface area (Å²) in [6.45, 7) is 5.44. The number of anilines is 2. The zero-order chi connectivity index (χ0) is 11.1. The van der Waals surface area contributed by atoms with Crippen LogP contribution in [0.15, 0.2) is 12.5 Å². The highest BCUT2D eigenvalue weighted by atomic mass is 15.1. The van der Waals surface area contributed by atoms with Gasteiger partial charge in [-0.15, -0.1) is 0 Å². The molecule has 0 fully saturated rings. The van der Waals surface area contributed by atoms with Gasteiger partial charge in [0.2, 0.25) is 0 Å². The van der Waals surface area contributed by atoms with E-state index in [0.717, 1.165) is 24.0 Å². The molecular formula is C11H20N4. The van der Waals surface area contributed by atoms with Crippen molar-refractivity contribution < 1.29 is 0 Å². The van der Waals surface area contributed by atoms with Crippen molar-refractivity contribution in [3.63, 3.8) is 0 Å². The van der Waals surface area contributed by atoms with Gasteiger partial charge in [-0.25, -0.2) is 9.97 Å². The van der Waals surface area contributed by atoms with Crippen molar-refractivity contribution in [3.8, 4) is 0 Å².